The summed E-state index contributed by atoms with van der Waals surface area (Å²) in [5, 5.41) is 3.99. The summed E-state index contributed by atoms with van der Waals surface area (Å²) in [5.74, 6) is 0.148. The molecule has 1 N–H and O–H groups in total. The van der Waals surface area contributed by atoms with E-state index in [-0.39, 0.29) is 11.7 Å². The van der Waals surface area contributed by atoms with E-state index in [0.717, 1.165) is 17.7 Å². The van der Waals surface area contributed by atoms with Crippen LogP contribution in [0.5, 0.6) is 0 Å². The highest BCUT2D eigenvalue weighted by Crippen LogP contribution is 2.25. The van der Waals surface area contributed by atoms with Crippen LogP contribution in [-0.4, -0.2) is 16.6 Å². The van der Waals surface area contributed by atoms with Crippen molar-refractivity contribution in [1.29, 1.82) is 0 Å². The number of benzene rings is 2. The van der Waals surface area contributed by atoms with Gasteiger partial charge in [-0.3, -0.25) is 4.79 Å². The minimum atomic E-state index is -0.0869. The van der Waals surface area contributed by atoms with Crippen LogP contribution in [0, 0.1) is 0 Å². The molecule has 0 saturated heterocycles. The van der Waals surface area contributed by atoms with Crippen LogP contribution < -0.4 is 5.32 Å². The second-order valence-electron chi connectivity index (χ2n) is 4.94. The normalized spacial score (nSPS) is 10.9. The maximum Gasteiger partial charge on any atom is 0.257 e. The first-order valence-corrected chi connectivity index (χ1v) is 8.58. The Morgan fingerprint density at radius 2 is 2.13 bits per heavy atom. The molecule has 0 spiro atoms. The van der Waals surface area contributed by atoms with Crippen LogP contribution >= 0.6 is 23.4 Å². The van der Waals surface area contributed by atoms with Gasteiger partial charge in [-0.25, -0.2) is 4.98 Å². The van der Waals surface area contributed by atoms with Gasteiger partial charge in [-0.2, -0.15) is 0 Å². The number of para-hydroxylation sites is 1. The molecule has 0 aliphatic rings. The van der Waals surface area contributed by atoms with Gasteiger partial charge in [-0.05, 0) is 36.2 Å². The van der Waals surface area contributed by atoms with E-state index in [2.05, 4.69) is 17.2 Å². The van der Waals surface area contributed by atoms with Crippen LogP contribution in [0.1, 0.15) is 12.5 Å². The number of hydrogen-bond donors (Lipinski definition) is 1. The van der Waals surface area contributed by atoms with E-state index in [9.17, 15) is 4.79 Å². The number of aromatic nitrogens is 1. The third-order valence-corrected chi connectivity index (χ3v) is 4.39. The first-order chi connectivity index (χ1) is 11.2. The van der Waals surface area contributed by atoms with E-state index in [1.54, 1.807) is 18.2 Å². The van der Waals surface area contributed by atoms with Gasteiger partial charge >= 0.3 is 0 Å². The van der Waals surface area contributed by atoms with Crippen molar-refractivity contribution in [2.24, 2.45) is 0 Å². The molecule has 0 fully saturated rings. The van der Waals surface area contributed by atoms with E-state index >= 15 is 0 Å². The minimum Gasteiger partial charge on any atom is -0.431 e. The van der Waals surface area contributed by atoms with Gasteiger partial charge in [0.15, 0.2) is 5.58 Å². The van der Waals surface area contributed by atoms with Crippen molar-refractivity contribution in [2.45, 2.75) is 18.6 Å². The molecule has 6 heteroatoms. The molecule has 0 saturated carbocycles. The van der Waals surface area contributed by atoms with Crippen molar-refractivity contribution < 1.29 is 9.21 Å². The van der Waals surface area contributed by atoms with Gasteiger partial charge in [0.1, 0.15) is 5.52 Å². The zero-order valence-electron chi connectivity index (χ0n) is 12.5. The van der Waals surface area contributed by atoms with E-state index in [4.69, 9.17) is 16.0 Å². The third-order valence-electron chi connectivity index (χ3n) is 3.33. The molecule has 23 heavy (non-hydrogen) atoms. The zero-order valence-corrected chi connectivity index (χ0v) is 14.1. The highest BCUT2D eigenvalue weighted by atomic mass is 35.5. The third kappa shape index (κ3) is 3.86. The number of oxazole rings is 1. The standard InChI is InChI=1S/C17H15ClN2O2S/c1-2-11-5-3-4-6-13(11)19-16(21)10-23-17-20-14-9-12(18)7-8-15(14)22-17/h3-9H,2,10H2,1H3,(H,19,21). The fourth-order valence-corrected chi connectivity index (χ4v) is 3.01. The van der Waals surface area contributed by atoms with Crippen molar-refractivity contribution in [3.05, 3.63) is 53.1 Å². The van der Waals surface area contributed by atoms with Crippen LogP contribution in [0.15, 0.2) is 52.1 Å². The van der Waals surface area contributed by atoms with Gasteiger partial charge in [0.05, 0.1) is 5.75 Å². The average Bonchev–Trinajstić information content (AvgIpc) is 2.95. The summed E-state index contributed by atoms with van der Waals surface area (Å²) in [4.78, 5) is 16.4. The molecule has 3 aromatic rings. The van der Waals surface area contributed by atoms with Crippen molar-refractivity contribution in [3.8, 4) is 0 Å². The van der Waals surface area contributed by atoms with Gasteiger partial charge in [0, 0.05) is 10.7 Å². The molecule has 0 aliphatic carbocycles. The number of fused-ring (bicyclic) bond motifs is 1. The SMILES string of the molecule is CCc1ccccc1NC(=O)CSc1nc2cc(Cl)ccc2o1. The summed E-state index contributed by atoms with van der Waals surface area (Å²) in [6.07, 6.45) is 0.871. The lowest BCUT2D eigenvalue weighted by Crippen LogP contribution is -2.15. The quantitative estimate of drug-likeness (QED) is 0.676. The second-order valence-corrected chi connectivity index (χ2v) is 6.30. The fourth-order valence-electron chi connectivity index (χ4n) is 2.21. The van der Waals surface area contributed by atoms with Gasteiger partial charge in [0.2, 0.25) is 5.91 Å². The Bertz CT molecular complexity index is 847. The molecule has 0 atom stereocenters. The van der Waals surface area contributed by atoms with Crippen LogP contribution in [0.2, 0.25) is 5.02 Å². The largest absolute Gasteiger partial charge is 0.431 e. The van der Waals surface area contributed by atoms with E-state index < -0.39 is 0 Å². The number of nitrogens with zero attached hydrogens (tertiary/aromatic N) is 1. The van der Waals surface area contributed by atoms with Gasteiger partial charge < -0.3 is 9.73 Å². The number of halogens is 1. The molecular weight excluding hydrogens is 332 g/mol. The smallest absolute Gasteiger partial charge is 0.257 e. The topological polar surface area (TPSA) is 55.1 Å². The average molecular weight is 347 g/mol. The lowest BCUT2D eigenvalue weighted by atomic mass is 10.1. The number of hydrogen-bond acceptors (Lipinski definition) is 4. The molecule has 1 amide bonds. The lowest BCUT2D eigenvalue weighted by molar-refractivity contribution is -0.113. The Labute approximate surface area is 143 Å². The number of carbonyl (C=O) groups excluding carboxylic acids is 1. The van der Waals surface area contributed by atoms with Gasteiger partial charge in [0.25, 0.3) is 5.22 Å². The van der Waals surface area contributed by atoms with Gasteiger partial charge in [-0.15, -0.1) is 0 Å². The highest BCUT2D eigenvalue weighted by Gasteiger charge is 2.11. The number of aryl methyl sites for hydroxylation is 1. The number of thioether (sulfide) groups is 1. The van der Waals surface area contributed by atoms with Gasteiger partial charge in [-0.1, -0.05) is 48.5 Å². The number of amides is 1. The molecule has 118 valence electrons. The van der Waals surface area contributed by atoms with Crippen molar-refractivity contribution in [3.63, 3.8) is 0 Å². The van der Waals surface area contributed by atoms with E-state index in [1.807, 2.05) is 24.3 Å². The molecule has 1 heterocycles. The number of anilines is 1. The molecule has 0 radical (unpaired) electrons. The monoisotopic (exact) mass is 346 g/mol. The maximum absolute atomic E-state index is 12.1. The minimum absolute atomic E-state index is 0.0869. The van der Waals surface area contributed by atoms with Crippen LogP contribution in [-0.2, 0) is 11.2 Å². The second kappa shape index (κ2) is 7.06. The lowest BCUT2D eigenvalue weighted by Gasteiger charge is -2.08. The molecule has 3 rings (SSSR count). The summed E-state index contributed by atoms with van der Waals surface area (Å²) in [7, 11) is 0. The van der Waals surface area contributed by atoms with Crippen LogP contribution in [0.4, 0.5) is 5.69 Å². The van der Waals surface area contributed by atoms with Crippen molar-refractivity contribution in [1.82, 2.24) is 4.98 Å². The fraction of sp³-hybridized carbons (Fsp3) is 0.176. The van der Waals surface area contributed by atoms with E-state index in [0.29, 0.717) is 21.3 Å². The zero-order chi connectivity index (χ0) is 16.2. The Kier molecular flexibility index (Phi) is 4.88. The van der Waals surface area contributed by atoms with Crippen LogP contribution in [0.25, 0.3) is 11.1 Å². The summed E-state index contributed by atoms with van der Waals surface area (Å²) in [5.41, 5.74) is 3.32. The first-order valence-electron chi connectivity index (χ1n) is 7.22. The predicted molar refractivity (Wildman–Crippen MR) is 94.2 cm³/mol. The molecule has 4 nitrogen and oxygen atoms in total. The molecule has 0 bridgehead atoms. The summed E-state index contributed by atoms with van der Waals surface area (Å²) >= 11 is 7.18. The van der Waals surface area contributed by atoms with Crippen molar-refractivity contribution >= 4 is 46.1 Å². The summed E-state index contributed by atoms with van der Waals surface area (Å²) in [6, 6.07) is 13.0. The molecule has 2 aromatic carbocycles. The summed E-state index contributed by atoms with van der Waals surface area (Å²) < 4.78 is 5.58. The number of carbonyl (C=O) groups is 1. The predicted octanol–water partition coefficient (Wildman–Crippen LogP) is 4.77. The maximum atomic E-state index is 12.1. The molecule has 1 aromatic heterocycles. The summed E-state index contributed by atoms with van der Waals surface area (Å²) in [6.45, 7) is 2.06. The first kappa shape index (κ1) is 15.9. The number of nitrogens with one attached hydrogen (secondary N) is 1. The van der Waals surface area contributed by atoms with Crippen molar-refractivity contribution in [2.75, 3.05) is 11.1 Å². The Morgan fingerprint density at radius 1 is 1.30 bits per heavy atom. The highest BCUT2D eigenvalue weighted by molar-refractivity contribution is 7.99. The molecule has 0 unspecified atom stereocenters. The Morgan fingerprint density at radius 3 is 2.96 bits per heavy atom. The van der Waals surface area contributed by atoms with Crippen LogP contribution in [0.3, 0.4) is 0 Å². The molecular formula is C17H15ClN2O2S. The number of rotatable bonds is 5. The Balaban J connectivity index is 1.63. The molecule has 0 aliphatic heterocycles. The van der Waals surface area contributed by atoms with E-state index in [1.165, 1.54) is 11.8 Å². The Hall–Kier alpha value is -1.98.